The molecule has 1 N–H and O–H groups in total. The molecule has 0 aromatic carbocycles. The zero-order valence-corrected chi connectivity index (χ0v) is 13.0. The minimum atomic E-state index is -0.565. The summed E-state index contributed by atoms with van der Waals surface area (Å²) in [7, 11) is 0. The fourth-order valence-electron chi connectivity index (χ4n) is 4.37. The molecule has 0 spiro atoms. The highest BCUT2D eigenvalue weighted by molar-refractivity contribution is 5.64. The number of nitrogens with zero attached hydrogens (tertiary/aromatic N) is 5. The second-order valence-electron chi connectivity index (χ2n) is 6.93. The highest BCUT2D eigenvalue weighted by Crippen LogP contribution is 2.42. The molecular formula is C16H23N5O. The van der Waals surface area contributed by atoms with Gasteiger partial charge in [0.1, 0.15) is 6.33 Å². The first-order chi connectivity index (χ1) is 10.7. The Bertz CT molecular complexity index is 667. The normalized spacial score (nSPS) is 32.7. The number of aromatic nitrogens is 4. The molecule has 1 aliphatic carbocycles. The van der Waals surface area contributed by atoms with E-state index in [4.69, 9.17) is 0 Å². The van der Waals surface area contributed by atoms with E-state index in [2.05, 4.69) is 20.1 Å². The standard InChI is InChI=1S/C16H23N5O/c1-16(22)7-3-2-5-12(16)13-6-4-9-21(13)14-15-19-18-11-20(15)10-8-17-14/h8,10-13,22H,2-7,9H2,1H3/t12-,13-,16+/m1/s1. The SMILES string of the molecule is C[C@]1(O)CCCC[C@@H]1[C@H]1CCCN1c1nccn2cnnc12. The number of aliphatic hydroxyl groups is 1. The molecule has 1 aliphatic heterocycles. The van der Waals surface area contributed by atoms with E-state index in [9.17, 15) is 5.11 Å². The fraction of sp³-hybridized carbons (Fsp3) is 0.688. The quantitative estimate of drug-likeness (QED) is 0.919. The van der Waals surface area contributed by atoms with Crippen molar-refractivity contribution in [3.8, 4) is 0 Å². The van der Waals surface area contributed by atoms with Crippen LogP contribution in [0.4, 0.5) is 5.82 Å². The molecule has 6 nitrogen and oxygen atoms in total. The Morgan fingerprint density at radius 3 is 3.05 bits per heavy atom. The summed E-state index contributed by atoms with van der Waals surface area (Å²) >= 11 is 0. The number of rotatable bonds is 2. The van der Waals surface area contributed by atoms with Crippen molar-refractivity contribution in [1.29, 1.82) is 0 Å². The third kappa shape index (κ3) is 2.17. The summed E-state index contributed by atoms with van der Waals surface area (Å²) in [5.74, 6) is 1.22. The van der Waals surface area contributed by atoms with Gasteiger partial charge in [-0.2, -0.15) is 0 Å². The van der Waals surface area contributed by atoms with E-state index in [0.717, 1.165) is 50.1 Å². The molecule has 2 fully saturated rings. The Morgan fingerprint density at radius 2 is 2.18 bits per heavy atom. The summed E-state index contributed by atoms with van der Waals surface area (Å²) in [6.45, 7) is 3.00. The van der Waals surface area contributed by atoms with Crippen LogP contribution in [0.5, 0.6) is 0 Å². The molecule has 22 heavy (non-hydrogen) atoms. The molecule has 0 radical (unpaired) electrons. The lowest BCUT2D eigenvalue weighted by Gasteiger charge is -2.43. The first kappa shape index (κ1) is 13.9. The summed E-state index contributed by atoms with van der Waals surface area (Å²) < 4.78 is 1.91. The van der Waals surface area contributed by atoms with Gasteiger partial charge in [0, 0.05) is 30.9 Å². The van der Waals surface area contributed by atoms with Crippen LogP contribution in [0.25, 0.3) is 5.65 Å². The summed E-state index contributed by atoms with van der Waals surface area (Å²) in [5, 5.41) is 19.1. The fourth-order valence-corrected chi connectivity index (χ4v) is 4.37. The van der Waals surface area contributed by atoms with Crippen molar-refractivity contribution in [2.75, 3.05) is 11.4 Å². The predicted octanol–water partition coefficient (Wildman–Crippen LogP) is 2.03. The molecule has 0 amide bonds. The van der Waals surface area contributed by atoms with E-state index in [0.29, 0.717) is 12.0 Å². The van der Waals surface area contributed by atoms with Crippen molar-refractivity contribution >= 4 is 11.5 Å². The number of fused-ring (bicyclic) bond motifs is 1. The molecule has 2 aromatic rings. The van der Waals surface area contributed by atoms with Gasteiger partial charge >= 0.3 is 0 Å². The molecule has 1 saturated carbocycles. The van der Waals surface area contributed by atoms with Crippen LogP contribution in [-0.2, 0) is 0 Å². The summed E-state index contributed by atoms with van der Waals surface area (Å²) in [4.78, 5) is 6.93. The van der Waals surface area contributed by atoms with Gasteiger partial charge < -0.3 is 10.0 Å². The molecule has 6 heteroatoms. The maximum absolute atomic E-state index is 10.9. The summed E-state index contributed by atoms with van der Waals surface area (Å²) in [6, 6.07) is 0.352. The van der Waals surface area contributed by atoms with Gasteiger partial charge in [-0.25, -0.2) is 4.98 Å². The smallest absolute Gasteiger partial charge is 0.203 e. The van der Waals surface area contributed by atoms with Gasteiger partial charge in [-0.3, -0.25) is 4.40 Å². The number of anilines is 1. The van der Waals surface area contributed by atoms with Gasteiger partial charge in [0.15, 0.2) is 5.82 Å². The first-order valence-corrected chi connectivity index (χ1v) is 8.30. The molecule has 0 unspecified atom stereocenters. The van der Waals surface area contributed by atoms with Crippen LogP contribution in [0, 0.1) is 5.92 Å². The lowest BCUT2D eigenvalue weighted by molar-refractivity contribution is -0.0410. The highest BCUT2D eigenvalue weighted by atomic mass is 16.3. The molecule has 4 rings (SSSR count). The molecule has 2 aromatic heterocycles. The van der Waals surface area contributed by atoms with E-state index < -0.39 is 5.60 Å². The van der Waals surface area contributed by atoms with E-state index in [1.807, 2.05) is 17.5 Å². The van der Waals surface area contributed by atoms with Gasteiger partial charge in [-0.1, -0.05) is 12.8 Å². The molecule has 118 valence electrons. The predicted molar refractivity (Wildman–Crippen MR) is 83.7 cm³/mol. The van der Waals surface area contributed by atoms with Gasteiger partial charge in [-0.15, -0.1) is 10.2 Å². The zero-order valence-electron chi connectivity index (χ0n) is 13.0. The van der Waals surface area contributed by atoms with Gasteiger partial charge in [0.2, 0.25) is 5.65 Å². The molecule has 3 atom stereocenters. The van der Waals surface area contributed by atoms with E-state index in [-0.39, 0.29) is 0 Å². The van der Waals surface area contributed by atoms with Crippen molar-refractivity contribution in [3.05, 3.63) is 18.7 Å². The van der Waals surface area contributed by atoms with Crippen LogP contribution in [0.3, 0.4) is 0 Å². The van der Waals surface area contributed by atoms with Gasteiger partial charge in [0.05, 0.1) is 5.60 Å². The van der Waals surface area contributed by atoms with Crippen LogP contribution >= 0.6 is 0 Å². The zero-order chi connectivity index (χ0) is 15.2. The number of hydrogen-bond donors (Lipinski definition) is 1. The summed E-state index contributed by atoms with van der Waals surface area (Å²) in [6.07, 6.45) is 12.0. The van der Waals surface area contributed by atoms with Crippen LogP contribution in [0.15, 0.2) is 18.7 Å². The van der Waals surface area contributed by atoms with Crippen LogP contribution in [0.2, 0.25) is 0 Å². The minimum absolute atomic E-state index is 0.314. The Labute approximate surface area is 130 Å². The molecule has 1 saturated heterocycles. The minimum Gasteiger partial charge on any atom is -0.390 e. The molecular weight excluding hydrogens is 278 g/mol. The topological polar surface area (TPSA) is 66.5 Å². The maximum Gasteiger partial charge on any atom is 0.203 e. The van der Waals surface area contributed by atoms with Gasteiger partial charge in [-0.05, 0) is 32.6 Å². The summed E-state index contributed by atoms with van der Waals surface area (Å²) in [5.41, 5.74) is 0.245. The van der Waals surface area contributed by atoms with E-state index >= 15 is 0 Å². The Morgan fingerprint density at radius 1 is 1.27 bits per heavy atom. The van der Waals surface area contributed by atoms with Crippen LogP contribution in [-0.4, -0.2) is 42.9 Å². The third-order valence-corrected chi connectivity index (χ3v) is 5.48. The van der Waals surface area contributed by atoms with Crippen molar-refractivity contribution < 1.29 is 5.11 Å². The van der Waals surface area contributed by atoms with E-state index in [1.54, 1.807) is 12.5 Å². The lowest BCUT2D eigenvalue weighted by Crippen LogP contribution is -2.49. The number of hydrogen-bond acceptors (Lipinski definition) is 5. The lowest BCUT2D eigenvalue weighted by atomic mass is 9.72. The second kappa shape index (κ2) is 5.19. The molecule has 3 heterocycles. The van der Waals surface area contributed by atoms with Crippen LogP contribution < -0.4 is 4.90 Å². The van der Waals surface area contributed by atoms with Crippen LogP contribution in [0.1, 0.15) is 45.4 Å². The Hall–Kier alpha value is -1.69. The van der Waals surface area contributed by atoms with Crippen molar-refractivity contribution in [3.63, 3.8) is 0 Å². The first-order valence-electron chi connectivity index (χ1n) is 8.30. The Kier molecular flexibility index (Phi) is 3.29. The second-order valence-corrected chi connectivity index (χ2v) is 6.93. The van der Waals surface area contributed by atoms with Crippen molar-refractivity contribution in [1.82, 2.24) is 19.6 Å². The average Bonchev–Trinajstić information content (AvgIpc) is 3.15. The van der Waals surface area contributed by atoms with Gasteiger partial charge in [0.25, 0.3) is 0 Å². The maximum atomic E-state index is 10.9. The third-order valence-electron chi connectivity index (χ3n) is 5.48. The van der Waals surface area contributed by atoms with E-state index in [1.165, 1.54) is 6.42 Å². The average molecular weight is 301 g/mol. The molecule has 2 aliphatic rings. The monoisotopic (exact) mass is 301 g/mol. The van der Waals surface area contributed by atoms with Crippen molar-refractivity contribution in [2.24, 2.45) is 5.92 Å². The van der Waals surface area contributed by atoms with Crippen molar-refractivity contribution in [2.45, 2.75) is 57.1 Å². The molecule has 0 bridgehead atoms. The largest absolute Gasteiger partial charge is 0.390 e. The highest BCUT2D eigenvalue weighted by Gasteiger charge is 2.44. The Balaban J connectivity index is 1.70.